The highest BCUT2D eigenvalue weighted by Gasteiger charge is 2.27. The van der Waals surface area contributed by atoms with E-state index in [1.807, 2.05) is 0 Å². The summed E-state index contributed by atoms with van der Waals surface area (Å²) in [6.07, 6.45) is 12.5. The minimum Gasteiger partial charge on any atom is -0.492 e. The first-order valence-corrected chi connectivity index (χ1v) is 22.7. The number of carbonyl (C=O) groups is 3. The Bertz CT molecular complexity index is 1630. The molecule has 3 unspecified atom stereocenters. The minimum atomic E-state index is -1.95. The van der Waals surface area contributed by atoms with Gasteiger partial charge in [-0.1, -0.05) is 136 Å². The van der Waals surface area contributed by atoms with Crippen molar-refractivity contribution in [2.75, 3.05) is 19.8 Å². The standard InChI is InChI=1S/C46H66N6O6Si/c1-7-13-22-34(10-4)31-56-40-28-19-16-25-37(40)43(53)47-50-46(59,51-48-44(54)38-26-17-20-29-41(38)57-32-35(11-5)23-14-8-2)52-49-45(55)39-27-18-21-30-42(39)58-33-36(12-6)24-15-9-3/h16-21,25-30,34-36H,7-15,22-24,31-33H2,1-6,59H3. The molecular formula is C46H66N6O6Si. The Hall–Kier alpha value is -4.91. The molecule has 3 amide bonds. The van der Waals surface area contributed by atoms with Crippen LogP contribution >= 0.6 is 0 Å². The number of carbonyl (C=O) groups excluding carboxylic acids is 3. The summed E-state index contributed by atoms with van der Waals surface area (Å²) in [6, 6.07) is 20.5. The van der Waals surface area contributed by atoms with Gasteiger partial charge in [0.15, 0.2) is 0 Å². The highest BCUT2D eigenvalue weighted by atomic mass is 28.1. The van der Waals surface area contributed by atoms with Gasteiger partial charge in [0.25, 0.3) is 23.1 Å². The molecule has 13 heteroatoms. The zero-order valence-electron chi connectivity index (χ0n) is 36.4. The lowest BCUT2D eigenvalue weighted by Crippen LogP contribution is -2.21. The van der Waals surface area contributed by atoms with E-state index in [2.05, 4.69) is 72.2 Å². The molecular weight excluding hydrogens is 761 g/mol. The normalized spacial score (nSPS) is 14.3. The molecule has 0 saturated heterocycles. The van der Waals surface area contributed by atoms with Crippen molar-refractivity contribution in [1.82, 2.24) is 0 Å². The van der Waals surface area contributed by atoms with Gasteiger partial charge in [0.2, 0.25) is 0 Å². The molecule has 59 heavy (non-hydrogen) atoms. The number of para-hydroxylation sites is 3. The first-order chi connectivity index (χ1) is 28.6. The maximum Gasteiger partial charge on any atom is 0.298 e. The summed E-state index contributed by atoms with van der Waals surface area (Å²) >= 11 is 0. The van der Waals surface area contributed by atoms with Crippen LogP contribution in [0.5, 0.6) is 17.2 Å². The number of amides is 3. The largest absolute Gasteiger partial charge is 0.492 e. The number of nitrogens with zero attached hydrogens (tertiary/aromatic N) is 6. The smallest absolute Gasteiger partial charge is 0.298 e. The third-order valence-electron chi connectivity index (χ3n) is 10.4. The van der Waals surface area contributed by atoms with Crippen molar-refractivity contribution in [3.8, 4) is 17.2 Å². The first kappa shape index (κ1) is 48.5. The topological polar surface area (TPSA) is 153 Å². The van der Waals surface area contributed by atoms with Crippen molar-refractivity contribution in [2.24, 2.45) is 48.4 Å². The molecule has 0 aliphatic carbocycles. The van der Waals surface area contributed by atoms with Gasteiger partial charge in [0.1, 0.15) is 27.5 Å². The Labute approximate surface area is 354 Å². The summed E-state index contributed by atoms with van der Waals surface area (Å²) in [5.74, 6) is 0.0736. The molecule has 0 bridgehead atoms. The maximum absolute atomic E-state index is 13.6. The van der Waals surface area contributed by atoms with Gasteiger partial charge in [-0.05, 0) is 73.4 Å². The lowest BCUT2D eigenvalue weighted by molar-refractivity contribution is 0.0983. The molecule has 0 N–H and O–H groups in total. The Morgan fingerprint density at radius 3 is 1.02 bits per heavy atom. The van der Waals surface area contributed by atoms with Crippen LogP contribution in [0.25, 0.3) is 0 Å². The third kappa shape index (κ3) is 16.7. The number of hydrogen-bond acceptors (Lipinski definition) is 9. The minimum absolute atomic E-state index is 0.0656. The van der Waals surface area contributed by atoms with Gasteiger partial charge < -0.3 is 14.2 Å². The van der Waals surface area contributed by atoms with Gasteiger partial charge in [-0.3, -0.25) is 14.4 Å². The summed E-state index contributed by atoms with van der Waals surface area (Å²) in [5, 5.41) is 24.5. The highest BCUT2D eigenvalue weighted by molar-refractivity contribution is 6.15. The summed E-state index contributed by atoms with van der Waals surface area (Å²) in [7, 11) is -0.0656. The van der Waals surface area contributed by atoms with E-state index in [1.54, 1.807) is 72.8 Å². The van der Waals surface area contributed by atoms with E-state index in [0.717, 1.165) is 77.0 Å². The Morgan fingerprint density at radius 2 is 0.763 bits per heavy atom. The van der Waals surface area contributed by atoms with Crippen LogP contribution in [0.2, 0.25) is 0 Å². The van der Waals surface area contributed by atoms with Crippen molar-refractivity contribution in [3.63, 3.8) is 0 Å². The zero-order valence-corrected chi connectivity index (χ0v) is 38.4. The third-order valence-corrected chi connectivity index (χ3v) is 11.0. The highest BCUT2D eigenvalue weighted by Crippen LogP contribution is 2.27. The molecule has 0 aliphatic heterocycles. The number of hydrogen-bond donors (Lipinski definition) is 0. The lowest BCUT2D eigenvalue weighted by atomic mass is 10.0. The molecule has 0 heterocycles. The van der Waals surface area contributed by atoms with E-state index in [9.17, 15) is 14.4 Å². The second-order valence-electron chi connectivity index (χ2n) is 15.2. The Morgan fingerprint density at radius 1 is 0.492 bits per heavy atom. The maximum atomic E-state index is 13.6. The van der Waals surface area contributed by atoms with Crippen molar-refractivity contribution >= 4 is 28.0 Å². The summed E-state index contributed by atoms with van der Waals surface area (Å²) in [6.45, 7) is 14.2. The first-order valence-electron chi connectivity index (χ1n) is 21.7. The molecule has 0 radical (unpaired) electrons. The van der Waals surface area contributed by atoms with E-state index in [0.29, 0.717) is 54.8 Å². The quantitative estimate of drug-likeness (QED) is 0.0551. The van der Waals surface area contributed by atoms with E-state index in [1.165, 1.54) is 0 Å². The predicted octanol–water partition coefficient (Wildman–Crippen LogP) is 11.6. The fraction of sp³-hybridized carbons (Fsp3) is 0.543. The number of rotatable bonds is 27. The summed E-state index contributed by atoms with van der Waals surface area (Å²) < 4.78 is 18.4. The average molecular weight is 827 g/mol. The van der Waals surface area contributed by atoms with Crippen LogP contribution < -0.4 is 14.2 Å². The summed E-state index contributed by atoms with van der Waals surface area (Å²) in [5.41, 5.74) is -1.33. The fourth-order valence-corrected chi connectivity index (χ4v) is 6.57. The summed E-state index contributed by atoms with van der Waals surface area (Å²) in [4.78, 5) is 40.8. The molecule has 3 atom stereocenters. The van der Waals surface area contributed by atoms with Crippen molar-refractivity contribution in [2.45, 2.75) is 124 Å². The van der Waals surface area contributed by atoms with Crippen LogP contribution in [0.3, 0.4) is 0 Å². The van der Waals surface area contributed by atoms with E-state index < -0.39 is 23.1 Å². The molecule has 0 spiro atoms. The van der Waals surface area contributed by atoms with Gasteiger partial charge >= 0.3 is 0 Å². The lowest BCUT2D eigenvalue weighted by Gasteiger charge is -2.17. The molecule has 0 saturated carbocycles. The van der Waals surface area contributed by atoms with Gasteiger partial charge in [-0.15, -0.1) is 30.7 Å². The number of ether oxygens (including phenoxy) is 3. The van der Waals surface area contributed by atoms with Crippen LogP contribution in [0, 0.1) is 17.8 Å². The van der Waals surface area contributed by atoms with Gasteiger partial charge in [0.05, 0.1) is 36.5 Å². The Kier molecular flexibility index (Phi) is 22.1. The second kappa shape index (κ2) is 27.0. The monoisotopic (exact) mass is 826 g/mol. The van der Waals surface area contributed by atoms with Gasteiger partial charge in [-0.2, -0.15) is 0 Å². The van der Waals surface area contributed by atoms with E-state index in [4.69, 9.17) is 14.2 Å². The molecule has 3 aromatic rings. The van der Waals surface area contributed by atoms with E-state index >= 15 is 0 Å². The Balaban J connectivity index is 1.95. The molecule has 12 nitrogen and oxygen atoms in total. The van der Waals surface area contributed by atoms with E-state index in [-0.39, 0.29) is 26.9 Å². The van der Waals surface area contributed by atoms with Crippen molar-refractivity contribution in [1.29, 1.82) is 0 Å². The number of benzene rings is 3. The zero-order chi connectivity index (χ0) is 42.9. The molecule has 3 aromatic carbocycles. The molecule has 0 aliphatic rings. The fourth-order valence-electron chi connectivity index (χ4n) is 6.27. The molecule has 3 rings (SSSR count). The molecule has 320 valence electrons. The molecule has 0 fully saturated rings. The number of azo groups is 3. The van der Waals surface area contributed by atoms with Crippen molar-refractivity contribution in [3.05, 3.63) is 89.5 Å². The van der Waals surface area contributed by atoms with Crippen molar-refractivity contribution < 1.29 is 28.6 Å². The van der Waals surface area contributed by atoms with Crippen LogP contribution in [-0.2, 0) is 0 Å². The van der Waals surface area contributed by atoms with Crippen LogP contribution in [0.1, 0.15) is 150 Å². The molecule has 0 aromatic heterocycles. The predicted molar refractivity (Wildman–Crippen MR) is 236 cm³/mol. The van der Waals surface area contributed by atoms with Gasteiger partial charge in [-0.25, -0.2) is 0 Å². The van der Waals surface area contributed by atoms with Crippen LogP contribution in [0.15, 0.2) is 103 Å². The SMILES string of the molecule is CCCCC(CC)COc1ccccc1C(=O)N=NC([SiH3])(N=NC(=O)c1ccccc1OCC(CC)CCCC)N=NC(=O)c1ccccc1OCC(CC)CCCC. The number of unbranched alkanes of at least 4 members (excludes halogenated alkanes) is 3. The average Bonchev–Trinajstić information content (AvgIpc) is 3.27. The van der Waals surface area contributed by atoms with Crippen LogP contribution in [0.4, 0.5) is 0 Å². The van der Waals surface area contributed by atoms with Crippen LogP contribution in [-0.4, -0.2) is 53.2 Å². The van der Waals surface area contributed by atoms with Gasteiger partial charge in [0, 0.05) is 0 Å². The second-order valence-corrected chi connectivity index (χ2v) is 16.5.